The SMILES string of the molecule is COc1ccc(NC(=O)COC(=O)[C@H]2CC(=O)N(c3ccccc3)C2)c(OC)c1. The topological polar surface area (TPSA) is 94.2 Å². The summed E-state index contributed by atoms with van der Waals surface area (Å²) in [5, 5.41) is 2.63. The molecule has 2 aromatic carbocycles. The van der Waals surface area contributed by atoms with E-state index in [4.69, 9.17) is 14.2 Å². The molecule has 0 aliphatic carbocycles. The molecule has 1 fully saturated rings. The first-order chi connectivity index (χ1) is 14.0. The molecule has 0 radical (unpaired) electrons. The summed E-state index contributed by atoms with van der Waals surface area (Å²) in [6, 6.07) is 14.0. The summed E-state index contributed by atoms with van der Waals surface area (Å²) < 4.78 is 15.4. The Morgan fingerprint density at radius 2 is 1.86 bits per heavy atom. The highest BCUT2D eigenvalue weighted by molar-refractivity contribution is 6.00. The lowest BCUT2D eigenvalue weighted by Gasteiger charge is -2.16. The number of hydrogen-bond acceptors (Lipinski definition) is 6. The zero-order valence-electron chi connectivity index (χ0n) is 16.2. The molecular formula is C21H22N2O6. The van der Waals surface area contributed by atoms with Crippen LogP contribution in [0.25, 0.3) is 0 Å². The predicted octanol–water partition coefficient (Wildman–Crippen LogP) is 2.24. The van der Waals surface area contributed by atoms with Gasteiger partial charge in [-0.25, -0.2) is 0 Å². The summed E-state index contributed by atoms with van der Waals surface area (Å²) in [6.07, 6.45) is 0.0572. The third-order valence-corrected chi connectivity index (χ3v) is 4.55. The Kier molecular flexibility index (Phi) is 6.33. The number of esters is 1. The van der Waals surface area contributed by atoms with Gasteiger partial charge in [0.05, 0.1) is 25.8 Å². The molecule has 1 heterocycles. The Balaban J connectivity index is 1.53. The summed E-state index contributed by atoms with van der Waals surface area (Å²) in [7, 11) is 3.00. The van der Waals surface area contributed by atoms with Gasteiger partial charge in [0.25, 0.3) is 5.91 Å². The van der Waals surface area contributed by atoms with Gasteiger partial charge in [0.2, 0.25) is 5.91 Å². The fourth-order valence-corrected chi connectivity index (χ4v) is 3.07. The van der Waals surface area contributed by atoms with E-state index >= 15 is 0 Å². The largest absolute Gasteiger partial charge is 0.497 e. The van der Waals surface area contributed by atoms with Crippen molar-refractivity contribution >= 4 is 29.2 Å². The summed E-state index contributed by atoms with van der Waals surface area (Å²) in [5.41, 5.74) is 1.16. The van der Waals surface area contributed by atoms with Crippen molar-refractivity contribution < 1.29 is 28.6 Å². The summed E-state index contributed by atoms with van der Waals surface area (Å²) in [5.74, 6) is -0.833. The van der Waals surface area contributed by atoms with E-state index in [0.29, 0.717) is 17.2 Å². The second-order valence-corrected chi connectivity index (χ2v) is 6.46. The van der Waals surface area contributed by atoms with Crippen molar-refractivity contribution in [3.05, 3.63) is 48.5 Å². The zero-order valence-corrected chi connectivity index (χ0v) is 16.2. The standard InChI is InChI=1S/C21H22N2O6/c1-27-16-8-9-17(18(11-16)28-2)22-19(24)13-29-21(26)14-10-20(25)23(12-14)15-6-4-3-5-7-15/h3-9,11,14H,10,12-13H2,1-2H3,(H,22,24)/t14-/m0/s1. The number of para-hydroxylation sites is 1. The molecule has 1 aliphatic heterocycles. The first-order valence-electron chi connectivity index (χ1n) is 9.05. The van der Waals surface area contributed by atoms with Crippen LogP contribution in [0, 0.1) is 5.92 Å². The fourth-order valence-electron chi connectivity index (χ4n) is 3.07. The van der Waals surface area contributed by atoms with Crippen LogP contribution < -0.4 is 19.7 Å². The van der Waals surface area contributed by atoms with E-state index in [9.17, 15) is 14.4 Å². The van der Waals surface area contributed by atoms with Crippen LogP contribution in [0.4, 0.5) is 11.4 Å². The van der Waals surface area contributed by atoms with E-state index in [-0.39, 0.29) is 18.9 Å². The van der Waals surface area contributed by atoms with Crippen molar-refractivity contribution in [3.8, 4) is 11.5 Å². The Bertz CT molecular complexity index is 899. The molecular weight excluding hydrogens is 376 g/mol. The molecule has 0 bridgehead atoms. The number of nitrogens with one attached hydrogen (secondary N) is 1. The van der Waals surface area contributed by atoms with Crippen LogP contribution in [-0.2, 0) is 19.1 Å². The van der Waals surface area contributed by atoms with Gasteiger partial charge in [-0.15, -0.1) is 0 Å². The average Bonchev–Trinajstić information content (AvgIpc) is 3.14. The quantitative estimate of drug-likeness (QED) is 0.719. The number of amides is 2. The van der Waals surface area contributed by atoms with Crippen LogP contribution in [0.3, 0.4) is 0 Å². The third kappa shape index (κ3) is 4.84. The maximum absolute atomic E-state index is 12.3. The third-order valence-electron chi connectivity index (χ3n) is 4.55. The molecule has 1 atom stereocenters. The van der Waals surface area contributed by atoms with Gasteiger partial charge in [0, 0.05) is 24.7 Å². The Labute approximate surface area is 168 Å². The first kappa shape index (κ1) is 20.2. The number of rotatable bonds is 7. The van der Waals surface area contributed by atoms with Gasteiger partial charge >= 0.3 is 5.97 Å². The minimum Gasteiger partial charge on any atom is -0.497 e. The molecule has 3 rings (SSSR count). The highest BCUT2D eigenvalue weighted by Crippen LogP contribution is 2.29. The van der Waals surface area contributed by atoms with Gasteiger partial charge in [-0.2, -0.15) is 0 Å². The van der Waals surface area contributed by atoms with Crippen molar-refractivity contribution in [1.82, 2.24) is 0 Å². The monoisotopic (exact) mass is 398 g/mol. The second kappa shape index (κ2) is 9.09. The van der Waals surface area contributed by atoms with Crippen LogP contribution in [0.15, 0.2) is 48.5 Å². The van der Waals surface area contributed by atoms with Crippen LogP contribution in [0.2, 0.25) is 0 Å². The molecule has 1 aliphatic rings. The van der Waals surface area contributed by atoms with E-state index in [0.717, 1.165) is 5.69 Å². The predicted molar refractivity (Wildman–Crippen MR) is 106 cm³/mol. The Hall–Kier alpha value is -3.55. The zero-order chi connectivity index (χ0) is 20.8. The molecule has 2 amide bonds. The maximum atomic E-state index is 12.3. The minimum atomic E-state index is -0.606. The number of benzene rings is 2. The van der Waals surface area contributed by atoms with Crippen LogP contribution in [0.1, 0.15) is 6.42 Å². The highest BCUT2D eigenvalue weighted by atomic mass is 16.5. The minimum absolute atomic E-state index is 0.0572. The van der Waals surface area contributed by atoms with E-state index in [1.165, 1.54) is 14.2 Å². The smallest absolute Gasteiger partial charge is 0.311 e. The van der Waals surface area contributed by atoms with Crippen molar-refractivity contribution in [2.24, 2.45) is 5.92 Å². The number of ether oxygens (including phenoxy) is 3. The molecule has 8 heteroatoms. The Morgan fingerprint density at radius 3 is 2.55 bits per heavy atom. The normalized spacial score (nSPS) is 15.7. The van der Waals surface area contributed by atoms with E-state index in [1.807, 2.05) is 18.2 Å². The van der Waals surface area contributed by atoms with Crippen molar-refractivity contribution in [1.29, 1.82) is 0 Å². The van der Waals surface area contributed by atoms with Gasteiger partial charge in [0.15, 0.2) is 6.61 Å². The summed E-state index contributed by atoms with van der Waals surface area (Å²) >= 11 is 0. The van der Waals surface area contributed by atoms with Gasteiger partial charge in [0.1, 0.15) is 11.5 Å². The molecule has 0 aromatic heterocycles. The van der Waals surface area contributed by atoms with Crippen molar-refractivity contribution in [3.63, 3.8) is 0 Å². The number of carbonyl (C=O) groups is 3. The number of methoxy groups -OCH3 is 2. The van der Waals surface area contributed by atoms with Gasteiger partial charge in [-0.05, 0) is 24.3 Å². The lowest BCUT2D eigenvalue weighted by molar-refractivity contribution is -0.151. The molecule has 0 saturated carbocycles. The van der Waals surface area contributed by atoms with Gasteiger partial charge in [-0.1, -0.05) is 18.2 Å². The molecule has 1 N–H and O–H groups in total. The van der Waals surface area contributed by atoms with Gasteiger partial charge < -0.3 is 24.4 Å². The number of hydrogen-bond donors (Lipinski definition) is 1. The summed E-state index contributed by atoms with van der Waals surface area (Å²) in [6.45, 7) is -0.223. The molecule has 2 aromatic rings. The number of anilines is 2. The first-order valence-corrected chi connectivity index (χ1v) is 9.05. The summed E-state index contributed by atoms with van der Waals surface area (Å²) in [4.78, 5) is 38.2. The van der Waals surface area contributed by atoms with E-state index < -0.39 is 24.4 Å². The number of nitrogens with zero attached hydrogens (tertiary/aromatic N) is 1. The number of carbonyl (C=O) groups excluding carboxylic acids is 3. The highest BCUT2D eigenvalue weighted by Gasteiger charge is 2.36. The molecule has 29 heavy (non-hydrogen) atoms. The van der Waals surface area contributed by atoms with Crippen LogP contribution >= 0.6 is 0 Å². The van der Waals surface area contributed by atoms with Gasteiger partial charge in [-0.3, -0.25) is 14.4 Å². The fraction of sp³-hybridized carbons (Fsp3) is 0.286. The van der Waals surface area contributed by atoms with Crippen molar-refractivity contribution in [2.75, 3.05) is 37.6 Å². The van der Waals surface area contributed by atoms with Crippen LogP contribution in [0.5, 0.6) is 11.5 Å². The second-order valence-electron chi connectivity index (χ2n) is 6.46. The van der Waals surface area contributed by atoms with E-state index in [1.54, 1.807) is 35.2 Å². The average molecular weight is 398 g/mol. The molecule has 1 saturated heterocycles. The van der Waals surface area contributed by atoms with Crippen LogP contribution in [-0.4, -0.2) is 45.2 Å². The van der Waals surface area contributed by atoms with E-state index in [2.05, 4.69) is 5.32 Å². The van der Waals surface area contributed by atoms with Crippen molar-refractivity contribution in [2.45, 2.75) is 6.42 Å². The lowest BCUT2D eigenvalue weighted by atomic mass is 10.1. The molecule has 0 spiro atoms. The molecule has 152 valence electrons. The lowest BCUT2D eigenvalue weighted by Crippen LogP contribution is -2.28. The Morgan fingerprint density at radius 1 is 1.10 bits per heavy atom. The maximum Gasteiger partial charge on any atom is 0.311 e. The molecule has 0 unspecified atom stereocenters. The molecule has 8 nitrogen and oxygen atoms in total.